The molecule has 0 saturated heterocycles. The Bertz CT molecular complexity index is 1620. The first-order valence-electron chi connectivity index (χ1n) is 11.6. The van der Waals surface area contributed by atoms with Crippen molar-refractivity contribution in [3.05, 3.63) is 95.7 Å². The van der Waals surface area contributed by atoms with Crippen molar-refractivity contribution in [3.8, 4) is 5.75 Å². The van der Waals surface area contributed by atoms with Crippen LogP contribution in [0.5, 0.6) is 5.75 Å². The second kappa shape index (κ2) is 9.64. The summed E-state index contributed by atoms with van der Waals surface area (Å²) in [5.41, 5.74) is 0.685. The molecule has 38 heavy (non-hydrogen) atoms. The second-order valence-corrected chi connectivity index (χ2v) is 10.7. The van der Waals surface area contributed by atoms with Crippen molar-refractivity contribution in [1.82, 2.24) is 4.98 Å². The lowest BCUT2D eigenvalue weighted by Crippen LogP contribution is -2.33. The van der Waals surface area contributed by atoms with Crippen LogP contribution < -0.4 is 9.04 Å². The third kappa shape index (κ3) is 5.14. The summed E-state index contributed by atoms with van der Waals surface area (Å²) in [4.78, 5) is 16.0. The number of ether oxygens (including phenoxy) is 1. The fourth-order valence-electron chi connectivity index (χ4n) is 4.37. The molecule has 1 aliphatic rings. The van der Waals surface area contributed by atoms with E-state index in [2.05, 4.69) is 9.72 Å². The highest BCUT2D eigenvalue weighted by atomic mass is 32.2. The molecule has 0 bridgehead atoms. The number of aromatic nitrogens is 1. The zero-order valence-corrected chi connectivity index (χ0v) is 20.5. The van der Waals surface area contributed by atoms with Gasteiger partial charge in [-0.15, -0.1) is 13.2 Å². The number of nitrogens with zero attached hydrogens (tertiary/aromatic N) is 2. The van der Waals surface area contributed by atoms with Crippen molar-refractivity contribution in [1.29, 1.82) is 0 Å². The molecule has 0 amide bonds. The number of fused-ring (bicyclic) bond motifs is 1. The van der Waals surface area contributed by atoms with E-state index in [1.54, 1.807) is 6.20 Å². The molecule has 1 fully saturated rings. The lowest BCUT2D eigenvalue weighted by molar-refractivity contribution is -0.274. The smallest absolute Gasteiger partial charge is 0.478 e. The molecule has 0 unspecified atom stereocenters. The molecule has 1 N–H and O–H groups in total. The van der Waals surface area contributed by atoms with Crippen molar-refractivity contribution in [2.75, 3.05) is 4.31 Å². The van der Waals surface area contributed by atoms with Gasteiger partial charge in [-0.2, -0.15) is 0 Å². The number of pyridine rings is 1. The number of halogens is 3. The number of carboxylic acids is 1. The minimum Gasteiger partial charge on any atom is -0.478 e. The summed E-state index contributed by atoms with van der Waals surface area (Å²) >= 11 is 0. The van der Waals surface area contributed by atoms with Crippen LogP contribution in [0.15, 0.2) is 83.9 Å². The number of carboxylic acid groups (broad SMARTS) is 1. The van der Waals surface area contributed by atoms with Gasteiger partial charge in [0.05, 0.1) is 12.1 Å². The van der Waals surface area contributed by atoms with E-state index in [1.165, 1.54) is 36.4 Å². The first kappa shape index (κ1) is 25.5. The van der Waals surface area contributed by atoms with Crippen molar-refractivity contribution in [2.24, 2.45) is 0 Å². The van der Waals surface area contributed by atoms with Gasteiger partial charge in [-0.25, -0.2) is 22.5 Å². The fraction of sp³-hybridized carbons (Fsp3) is 0.185. The van der Waals surface area contributed by atoms with Crippen LogP contribution in [0.4, 0.5) is 19.0 Å². The summed E-state index contributed by atoms with van der Waals surface area (Å²) in [6.45, 7) is -0.298. The standard InChI is InChI=1S/C27H21F3N2O5S/c28-27(29,30)37-20-13-9-17(10-14-20)16-32(38(35,36)23-8-4-3-7-22(23)26(33)34)25-24(18-11-12-18)21-6-2-1-5-19(21)15-31-25/h1-10,13-15,18H,11-12,16H2,(H,33,34). The molecule has 0 aliphatic heterocycles. The van der Waals surface area contributed by atoms with Crippen LogP contribution in [-0.4, -0.2) is 30.8 Å². The number of carbonyl (C=O) groups is 1. The van der Waals surface area contributed by atoms with Gasteiger partial charge in [0.1, 0.15) is 16.5 Å². The third-order valence-electron chi connectivity index (χ3n) is 6.21. The van der Waals surface area contributed by atoms with Gasteiger partial charge < -0.3 is 9.84 Å². The van der Waals surface area contributed by atoms with Gasteiger partial charge in [-0.05, 0) is 54.0 Å². The predicted octanol–water partition coefficient (Wildman–Crippen LogP) is 6.10. The Balaban J connectivity index is 1.66. The highest BCUT2D eigenvalue weighted by Crippen LogP contribution is 2.48. The van der Waals surface area contributed by atoms with Gasteiger partial charge in [0.15, 0.2) is 0 Å². The van der Waals surface area contributed by atoms with Crippen LogP contribution in [0.1, 0.15) is 40.2 Å². The van der Waals surface area contributed by atoms with Crippen molar-refractivity contribution in [3.63, 3.8) is 0 Å². The van der Waals surface area contributed by atoms with Gasteiger partial charge >= 0.3 is 12.3 Å². The Morgan fingerprint density at radius 3 is 2.32 bits per heavy atom. The maximum atomic E-state index is 14.1. The molecule has 3 aromatic carbocycles. The topological polar surface area (TPSA) is 96.8 Å². The number of alkyl halides is 3. The van der Waals surface area contributed by atoms with E-state index in [-0.39, 0.29) is 18.3 Å². The number of rotatable bonds is 8. The zero-order chi connectivity index (χ0) is 27.1. The second-order valence-electron chi connectivity index (χ2n) is 8.86. The van der Waals surface area contributed by atoms with Crippen LogP contribution in [0, 0.1) is 0 Å². The molecule has 1 saturated carbocycles. The Morgan fingerprint density at radius 1 is 1.00 bits per heavy atom. The highest BCUT2D eigenvalue weighted by molar-refractivity contribution is 7.92. The van der Waals surface area contributed by atoms with E-state index in [0.29, 0.717) is 5.56 Å². The molecular weight excluding hydrogens is 521 g/mol. The molecule has 4 aromatic rings. The Labute approximate surface area is 216 Å². The average Bonchev–Trinajstić information content (AvgIpc) is 3.72. The maximum absolute atomic E-state index is 14.1. The van der Waals surface area contributed by atoms with Crippen molar-refractivity contribution in [2.45, 2.75) is 36.6 Å². The largest absolute Gasteiger partial charge is 0.573 e. The molecule has 196 valence electrons. The number of anilines is 1. The number of benzene rings is 3. The van der Waals surface area contributed by atoms with E-state index >= 15 is 0 Å². The summed E-state index contributed by atoms with van der Waals surface area (Å²) in [6.07, 6.45) is -1.63. The summed E-state index contributed by atoms with van der Waals surface area (Å²) in [5, 5.41) is 11.3. The number of sulfonamides is 1. The first-order chi connectivity index (χ1) is 18.0. The van der Waals surface area contributed by atoms with Gasteiger partial charge in [0.25, 0.3) is 10.0 Å². The fourth-order valence-corrected chi connectivity index (χ4v) is 5.99. The average molecular weight is 543 g/mol. The molecule has 7 nitrogen and oxygen atoms in total. The van der Waals surface area contributed by atoms with E-state index in [0.717, 1.165) is 45.6 Å². The van der Waals surface area contributed by atoms with E-state index < -0.39 is 38.6 Å². The molecule has 11 heteroatoms. The van der Waals surface area contributed by atoms with Crippen molar-refractivity contribution >= 4 is 32.6 Å². The van der Waals surface area contributed by atoms with E-state index in [1.807, 2.05) is 24.3 Å². The van der Waals surface area contributed by atoms with E-state index in [9.17, 15) is 31.5 Å². The van der Waals surface area contributed by atoms with Crippen LogP contribution in [-0.2, 0) is 16.6 Å². The van der Waals surface area contributed by atoms with Crippen LogP contribution in [0.2, 0.25) is 0 Å². The van der Waals surface area contributed by atoms with Gasteiger partial charge in [-0.1, -0.05) is 48.5 Å². The normalized spacial score (nSPS) is 13.9. The Morgan fingerprint density at radius 2 is 1.66 bits per heavy atom. The summed E-state index contributed by atoms with van der Waals surface area (Å²) in [7, 11) is -4.49. The van der Waals surface area contributed by atoms with Gasteiger partial charge in [0, 0.05) is 17.1 Å². The SMILES string of the molecule is O=C(O)c1ccccc1S(=O)(=O)N(Cc1ccc(OC(F)(F)F)cc1)c1ncc2ccccc2c1C1CC1. The lowest BCUT2D eigenvalue weighted by atomic mass is 10.0. The molecule has 1 aliphatic carbocycles. The maximum Gasteiger partial charge on any atom is 0.573 e. The monoisotopic (exact) mass is 542 g/mol. The molecule has 0 atom stereocenters. The summed E-state index contributed by atoms with van der Waals surface area (Å²) in [5.74, 6) is -1.64. The van der Waals surface area contributed by atoms with Crippen LogP contribution >= 0.6 is 0 Å². The summed E-state index contributed by atoms with van der Waals surface area (Å²) in [6, 6.07) is 17.5. The third-order valence-corrected chi connectivity index (χ3v) is 8.00. The number of aromatic carboxylic acids is 1. The van der Waals surface area contributed by atoms with Gasteiger partial charge in [0.2, 0.25) is 0 Å². The Hall–Kier alpha value is -4.12. The molecule has 1 aromatic heterocycles. The van der Waals surface area contributed by atoms with Crippen LogP contribution in [0.3, 0.4) is 0 Å². The minimum atomic E-state index is -4.87. The van der Waals surface area contributed by atoms with E-state index in [4.69, 9.17) is 0 Å². The molecule has 1 heterocycles. The van der Waals surface area contributed by atoms with Crippen molar-refractivity contribution < 1.29 is 36.2 Å². The minimum absolute atomic E-state index is 0.0681. The Kier molecular flexibility index (Phi) is 6.47. The molecule has 0 spiro atoms. The number of hydrogen-bond donors (Lipinski definition) is 1. The van der Waals surface area contributed by atoms with Crippen LogP contribution in [0.25, 0.3) is 10.8 Å². The van der Waals surface area contributed by atoms with Gasteiger partial charge in [-0.3, -0.25) is 0 Å². The molecule has 5 rings (SSSR count). The molecule has 0 radical (unpaired) electrons. The predicted molar refractivity (Wildman–Crippen MR) is 134 cm³/mol. The lowest BCUT2D eigenvalue weighted by Gasteiger charge is -2.27. The highest BCUT2D eigenvalue weighted by Gasteiger charge is 2.37. The summed E-state index contributed by atoms with van der Waals surface area (Å²) < 4.78 is 71.0. The number of hydrogen-bond acceptors (Lipinski definition) is 5. The molecular formula is C27H21F3N2O5S. The first-order valence-corrected chi connectivity index (χ1v) is 13.1. The zero-order valence-electron chi connectivity index (χ0n) is 19.7. The quantitative estimate of drug-likeness (QED) is 0.289.